The van der Waals surface area contributed by atoms with Crippen LogP contribution in [-0.4, -0.2) is 30.1 Å². The van der Waals surface area contributed by atoms with E-state index in [1.54, 1.807) is 0 Å². The second-order valence-corrected chi connectivity index (χ2v) is 4.73. The Hall–Kier alpha value is -1.06. The lowest BCUT2D eigenvalue weighted by Gasteiger charge is -2.48. The summed E-state index contributed by atoms with van der Waals surface area (Å²) in [7, 11) is 0. The maximum absolute atomic E-state index is 5.67. The summed E-state index contributed by atoms with van der Waals surface area (Å²) in [5.74, 6) is 0. The summed E-state index contributed by atoms with van der Waals surface area (Å²) in [6.07, 6.45) is 1.37. The summed E-state index contributed by atoms with van der Waals surface area (Å²) in [4.78, 5) is 2.53. The van der Waals surface area contributed by atoms with Crippen LogP contribution in [0.25, 0.3) is 0 Å². The van der Waals surface area contributed by atoms with Crippen molar-refractivity contribution < 1.29 is 0 Å². The fourth-order valence-corrected chi connectivity index (χ4v) is 2.62. The molecule has 0 radical (unpaired) electrons. The van der Waals surface area contributed by atoms with Gasteiger partial charge in [0.25, 0.3) is 0 Å². The Morgan fingerprint density at radius 3 is 2.40 bits per heavy atom. The van der Waals surface area contributed by atoms with Crippen LogP contribution in [0.3, 0.4) is 0 Å². The first kappa shape index (κ1) is 9.19. The van der Waals surface area contributed by atoms with E-state index >= 15 is 0 Å². The highest BCUT2D eigenvalue weighted by atomic mass is 15.3. The number of benzene rings is 1. The highest BCUT2D eigenvalue weighted by molar-refractivity contribution is 5.39. The molecule has 0 amide bonds. The second-order valence-electron chi connectivity index (χ2n) is 4.73. The SMILES string of the molecule is Nc1ccc(CN2CC3CC(C2)N3)cc1. The monoisotopic (exact) mass is 203 g/mol. The van der Waals surface area contributed by atoms with Crippen LogP contribution >= 0.6 is 0 Å². The fraction of sp³-hybridized carbons (Fsp3) is 0.500. The Kier molecular flexibility index (Phi) is 2.15. The van der Waals surface area contributed by atoms with Crippen LogP contribution in [0.5, 0.6) is 0 Å². The van der Waals surface area contributed by atoms with E-state index in [9.17, 15) is 0 Å². The molecule has 1 aromatic carbocycles. The van der Waals surface area contributed by atoms with Crippen molar-refractivity contribution in [3.8, 4) is 0 Å². The molecule has 3 heterocycles. The van der Waals surface area contributed by atoms with Crippen molar-refractivity contribution in [2.75, 3.05) is 18.8 Å². The van der Waals surface area contributed by atoms with Gasteiger partial charge < -0.3 is 11.1 Å². The molecule has 0 aromatic heterocycles. The van der Waals surface area contributed by atoms with Gasteiger partial charge in [-0.2, -0.15) is 0 Å². The number of nitrogens with two attached hydrogens (primary N) is 1. The minimum atomic E-state index is 0.748. The van der Waals surface area contributed by atoms with Gasteiger partial charge in [0.1, 0.15) is 0 Å². The number of rotatable bonds is 2. The Morgan fingerprint density at radius 1 is 1.20 bits per heavy atom. The van der Waals surface area contributed by atoms with E-state index in [2.05, 4.69) is 22.3 Å². The van der Waals surface area contributed by atoms with E-state index in [1.807, 2.05) is 12.1 Å². The van der Waals surface area contributed by atoms with Crippen molar-refractivity contribution in [3.05, 3.63) is 29.8 Å². The van der Waals surface area contributed by atoms with E-state index in [-0.39, 0.29) is 0 Å². The predicted octanol–water partition coefficient (Wildman–Crippen LogP) is 0.815. The summed E-state index contributed by atoms with van der Waals surface area (Å²) in [5.41, 5.74) is 7.88. The van der Waals surface area contributed by atoms with Gasteiger partial charge in [-0.3, -0.25) is 4.90 Å². The summed E-state index contributed by atoms with van der Waals surface area (Å²) in [6, 6.07) is 9.72. The third-order valence-corrected chi connectivity index (χ3v) is 3.38. The van der Waals surface area contributed by atoms with Crippen LogP contribution in [0.15, 0.2) is 24.3 Å². The molecule has 3 fully saturated rings. The van der Waals surface area contributed by atoms with Gasteiger partial charge in [-0.25, -0.2) is 0 Å². The van der Waals surface area contributed by atoms with Crippen LogP contribution in [0.4, 0.5) is 5.69 Å². The first-order chi connectivity index (χ1) is 7.29. The zero-order chi connectivity index (χ0) is 10.3. The molecule has 0 saturated carbocycles. The number of piperidine rings is 1. The molecule has 0 spiro atoms. The van der Waals surface area contributed by atoms with Crippen LogP contribution < -0.4 is 11.1 Å². The van der Waals surface area contributed by atoms with Crippen molar-refractivity contribution in [1.29, 1.82) is 0 Å². The summed E-state index contributed by atoms with van der Waals surface area (Å²) in [6.45, 7) is 3.46. The predicted molar refractivity (Wildman–Crippen MR) is 61.5 cm³/mol. The molecule has 3 N–H and O–H groups in total. The fourth-order valence-electron chi connectivity index (χ4n) is 2.62. The molecule has 3 aliphatic rings. The van der Waals surface area contributed by atoms with Gasteiger partial charge in [0.2, 0.25) is 0 Å². The normalized spacial score (nSPS) is 29.9. The third-order valence-electron chi connectivity index (χ3n) is 3.38. The minimum absolute atomic E-state index is 0.748. The number of nitrogens with zero attached hydrogens (tertiary/aromatic N) is 1. The van der Waals surface area contributed by atoms with Crippen LogP contribution in [0.2, 0.25) is 0 Å². The molecule has 2 unspecified atom stereocenters. The molecule has 3 nitrogen and oxygen atoms in total. The van der Waals surface area contributed by atoms with Crippen molar-refractivity contribution in [2.24, 2.45) is 0 Å². The first-order valence-corrected chi connectivity index (χ1v) is 5.62. The minimum Gasteiger partial charge on any atom is -0.399 e. The van der Waals surface area contributed by atoms with Crippen LogP contribution in [0, 0.1) is 0 Å². The van der Waals surface area contributed by atoms with Crippen molar-refractivity contribution in [2.45, 2.75) is 25.0 Å². The van der Waals surface area contributed by atoms with Gasteiger partial charge in [-0.05, 0) is 24.1 Å². The summed E-state index contributed by atoms with van der Waals surface area (Å²) < 4.78 is 0. The van der Waals surface area contributed by atoms with Gasteiger partial charge in [-0.1, -0.05) is 12.1 Å². The first-order valence-electron chi connectivity index (χ1n) is 5.62. The summed E-state index contributed by atoms with van der Waals surface area (Å²) in [5, 5.41) is 3.54. The largest absolute Gasteiger partial charge is 0.399 e. The molecule has 3 saturated heterocycles. The molecule has 0 aliphatic carbocycles. The second kappa shape index (κ2) is 3.51. The van der Waals surface area contributed by atoms with E-state index in [4.69, 9.17) is 5.73 Å². The Bertz CT molecular complexity index is 330. The standard InChI is InChI=1S/C12H17N3/c13-10-3-1-9(2-4-10)6-15-7-11-5-12(8-15)14-11/h1-4,11-12,14H,5-8,13H2. The average molecular weight is 203 g/mol. The molecular weight excluding hydrogens is 186 g/mol. The lowest BCUT2D eigenvalue weighted by molar-refractivity contribution is 0.0726. The molecule has 2 atom stereocenters. The smallest absolute Gasteiger partial charge is 0.0314 e. The number of hydrogen-bond donors (Lipinski definition) is 2. The molecule has 3 heteroatoms. The van der Waals surface area contributed by atoms with Crippen LogP contribution in [-0.2, 0) is 6.54 Å². The summed E-state index contributed by atoms with van der Waals surface area (Å²) >= 11 is 0. The van der Waals surface area contributed by atoms with Gasteiger partial charge in [0.05, 0.1) is 0 Å². The van der Waals surface area contributed by atoms with Crippen molar-refractivity contribution in [1.82, 2.24) is 10.2 Å². The maximum Gasteiger partial charge on any atom is 0.0314 e. The molecule has 80 valence electrons. The van der Waals surface area contributed by atoms with Gasteiger partial charge in [0.15, 0.2) is 0 Å². The van der Waals surface area contributed by atoms with Crippen molar-refractivity contribution in [3.63, 3.8) is 0 Å². The highest BCUT2D eigenvalue weighted by Gasteiger charge is 2.35. The number of piperazine rings is 1. The third kappa shape index (κ3) is 1.85. The zero-order valence-corrected chi connectivity index (χ0v) is 8.82. The van der Waals surface area contributed by atoms with Crippen LogP contribution in [0.1, 0.15) is 12.0 Å². The molecule has 4 rings (SSSR count). The van der Waals surface area contributed by atoms with E-state index in [0.29, 0.717) is 0 Å². The van der Waals surface area contributed by atoms with E-state index < -0.39 is 0 Å². The van der Waals surface area contributed by atoms with E-state index in [0.717, 1.165) is 24.3 Å². The molecule has 15 heavy (non-hydrogen) atoms. The number of fused-ring (bicyclic) bond motifs is 2. The maximum atomic E-state index is 5.67. The molecule has 2 bridgehead atoms. The Labute approximate surface area is 90.3 Å². The Morgan fingerprint density at radius 2 is 1.80 bits per heavy atom. The Balaban J connectivity index is 1.63. The van der Waals surface area contributed by atoms with Gasteiger partial charge >= 0.3 is 0 Å². The van der Waals surface area contributed by atoms with Crippen molar-refractivity contribution >= 4 is 5.69 Å². The zero-order valence-electron chi connectivity index (χ0n) is 8.82. The highest BCUT2D eigenvalue weighted by Crippen LogP contribution is 2.22. The average Bonchev–Trinajstić information content (AvgIpc) is 2.21. The topological polar surface area (TPSA) is 41.3 Å². The number of nitrogen functional groups attached to an aromatic ring is 1. The quantitative estimate of drug-likeness (QED) is 0.699. The number of hydrogen-bond acceptors (Lipinski definition) is 3. The molecule has 3 aliphatic heterocycles. The van der Waals surface area contributed by atoms with Gasteiger partial charge in [0, 0.05) is 37.4 Å². The molecular formula is C12H17N3. The lowest BCUT2D eigenvalue weighted by Crippen LogP contribution is -2.66. The molecule has 1 aromatic rings. The van der Waals surface area contributed by atoms with E-state index in [1.165, 1.54) is 25.1 Å². The van der Waals surface area contributed by atoms with Gasteiger partial charge in [-0.15, -0.1) is 0 Å². The number of anilines is 1. The lowest BCUT2D eigenvalue weighted by atomic mass is 9.91. The number of nitrogens with one attached hydrogen (secondary N) is 1.